The molecular weight excluding hydrogens is 536 g/mol. The molecule has 0 bridgehead atoms. The van der Waals surface area contributed by atoms with Crippen molar-refractivity contribution in [3.05, 3.63) is 53.5 Å². The van der Waals surface area contributed by atoms with Crippen LogP contribution >= 0.6 is 0 Å². The summed E-state index contributed by atoms with van der Waals surface area (Å²) in [5.41, 5.74) is 1.78. The van der Waals surface area contributed by atoms with Gasteiger partial charge in [-0.05, 0) is 56.4 Å². The fourth-order valence-corrected chi connectivity index (χ4v) is 3.99. The SMILES string of the molecule is Cc1ccc(C(=O)NC2CC2)cc1N(C(=O)OCOC(=O)CCC(=O)O)c1ncnn2cc(C(=O)NC3CC3)cc12. The number of nitrogens with zero attached hydrogens (tertiary/aromatic N) is 4. The molecule has 214 valence electrons. The van der Waals surface area contributed by atoms with Crippen molar-refractivity contribution >= 4 is 46.9 Å². The highest BCUT2D eigenvalue weighted by Gasteiger charge is 2.30. The number of carbonyl (C=O) groups excluding carboxylic acids is 4. The fraction of sp³-hybridized carbons (Fsp3) is 0.370. The van der Waals surface area contributed by atoms with Crippen LogP contribution in [-0.4, -0.2) is 68.4 Å². The number of aryl methyl sites for hydroxylation is 1. The number of hydrogen-bond donors (Lipinski definition) is 3. The van der Waals surface area contributed by atoms with Crippen molar-refractivity contribution in [1.82, 2.24) is 25.2 Å². The van der Waals surface area contributed by atoms with Gasteiger partial charge >= 0.3 is 18.0 Å². The molecule has 41 heavy (non-hydrogen) atoms. The van der Waals surface area contributed by atoms with E-state index in [1.807, 2.05) is 0 Å². The van der Waals surface area contributed by atoms with Crippen molar-refractivity contribution in [2.24, 2.45) is 0 Å². The third kappa shape index (κ3) is 6.77. The van der Waals surface area contributed by atoms with Gasteiger partial charge in [0.15, 0.2) is 5.82 Å². The van der Waals surface area contributed by atoms with Gasteiger partial charge in [0.1, 0.15) is 11.8 Å². The quantitative estimate of drug-likeness (QED) is 0.231. The number of amides is 3. The lowest BCUT2D eigenvalue weighted by Crippen LogP contribution is -2.31. The molecule has 14 nitrogen and oxygen atoms in total. The third-order valence-electron chi connectivity index (χ3n) is 6.52. The minimum Gasteiger partial charge on any atom is -0.481 e. The summed E-state index contributed by atoms with van der Waals surface area (Å²) in [6, 6.07) is 6.62. The first-order valence-corrected chi connectivity index (χ1v) is 13.1. The zero-order chi connectivity index (χ0) is 29.1. The van der Waals surface area contributed by atoms with Crippen LogP contribution in [0.4, 0.5) is 16.3 Å². The van der Waals surface area contributed by atoms with Gasteiger partial charge in [0.25, 0.3) is 11.8 Å². The summed E-state index contributed by atoms with van der Waals surface area (Å²) in [7, 11) is 0. The molecule has 2 aliphatic carbocycles. The lowest BCUT2D eigenvalue weighted by molar-refractivity contribution is -0.154. The van der Waals surface area contributed by atoms with E-state index in [1.165, 1.54) is 29.2 Å². The zero-order valence-corrected chi connectivity index (χ0v) is 22.2. The Labute approximate surface area is 233 Å². The molecule has 5 rings (SSSR count). The van der Waals surface area contributed by atoms with E-state index in [9.17, 15) is 24.0 Å². The number of benzene rings is 1. The number of esters is 1. The third-order valence-corrected chi connectivity index (χ3v) is 6.52. The number of aromatic nitrogens is 3. The predicted octanol–water partition coefficient (Wildman–Crippen LogP) is 2.46. The van der Waals surface area contributed by atoms with E-state index in [4.69, 9.17) is 14.6 Å². The van der Waals surface area contributed by atoms with Gasteiger partial charge in [-0.25, -0.2) is 19.2 Å². The Bertz CT molecular complexity index is 1530. The highest BCUT2D eigenvalue weighted by molar-refractivity contribution is 6.03. The maximum absolute atomic E-state index is 13.5. The average Bonchev–Trinajstić information content (AvgIpc) is 3.88. The Morgan fingerprint density at radius 2 is 1.66 bits per heavy atom. The molecule has 14 heteroatoms. The molecule has 2 aliphatic rings. The summed E-state index contributed by atoms with van der Waals surface area (Å²) in [6.07, 6.45) is 4.52. The van der Waals surface area contributed by atoms with Gasteiger partial charge in [-0.15, -0.1) is 0 Å². The number of carboxylic acids is 1. The van der Waals surface area contributed by atoms with Gasteiger partial charge in [0, 0.05) is 23.8 Å². The normalized spacial score (nSPS) is 14.3. The van der Waals surface area contributed by atoms with Crippen LogP contribution in [0, 0.1) is 6.92 Å². The highest BCUT2D eigenvalue weighted by atomic mass is 16.7. The van der Waals surface area contributed by atoms with E-state index >= 15 is 0 Å². The first-order valence-electron chi connectivity index (χ1n) is 13.1. The number of carbonyl (C=O) groups is 5. The molecule has 0 spiro atoms. The van der Waals surface area contributed by atoms with Crippen molar-refractivity contribution in [2.45, 2.75) is 57.5 Å². The van der Waals surface area contributed by atoms with Crippen molar-refractivity contribution < 1.29 is 38.6 Å². The summed E-state index contributed by atoms with van der Waals surface area (Å²) in [4.78, 5) is 67.0. The molecule has 1 aromatic carbocycles. The van der Waals surface area contributed by atoms with E-state index in [2.05, 4.69) is 20.7 Å². The molecule has 0 radical (unpaired) electrons. The molecule has 3 aromatic rings. The summed E-state index contributed by atoms with van der Waals surface area (Å²) >= 11 is 0. The summed E-state index contributed by atoms with van der Waals surface area (Å²) in [5.74, 6) is -2.57. The standard InChI is InChI=1S/C27H28N6O8/c1-15-2-3-16(25(37)30-18-4-5-18)10-20(15)33(27(39)41-14-40-23(36)9-8-22(34)35)24-21-11-17(12-32(21)29-13-28-24)26(38)31-19-6-7-19/h2-3,10-13,18-19H,4-9,14H2,1H3,(H,30,37)(H,31,38)(H,34,35). The van der Waals surface area contributed by atoms with Crippen molar-refractivity contribution in [3.8, 4) is 0 Å². The lowest BCUT2D eigenvalue weighted by Gasteiger charge is -2.24. The number of hydrogen-bond acceptors (Lipinski definition) is 9. The van der Waals surface area contributed by atoms with Gasteiger partial charge in [-0.1, -0.05) is 6.07 Å². The molecule has 0 saturated heterocycles. The fourth-order valence-electron chi connectivity index (χ4n) is 3.99. The summed E-state index contributed by atoms with van der Waals surface area (Å²) < 4.78 is 11.5. The predicted molar refractivity (Wildman–Crippen MR) is 142 cm³/mol. The molecule has 2 aromatic heterocycles. The van der Waals surface area contributed by atoms with E-state index < -0.39 is 37.7 Å². The minimum atomic E-state index is -1.17. The van der Waals surface area contributed by atoms with E-state index in [-0.39, 0.29) is 35.4 Å². The number of rotatable bonds is 11. The molecule has 2 heterocycles. The van der Waals surface area contributed by atoms with E-state index in [0.29, 0.717) is 22.2 Å². The van der Waals surface area contributed by atoms with Crippen molar-refractivity contribution in [1.29, 1.82) is 0 Å². The van der Waals surface area contributed by atoms with Gasteiger partial charge in [0.2, 0.25) is 6.79 Å². The maximum atomic E-state index is 13.5. The topological polar surface area (TPSA) is 182 Å². The minimum absolute atomic E-state index is 0.0514. The molecule has 0 aliphatic heterocycles. The largest absolute Gasteiger partial charge is 0.481 e. The number of nitrogens with one attached hydrogen (secondary N) is 2. The van der Waals surface area contributed by atoms with E-state index in [0.717, 1.165) is 30.6 Å². The van der Waals surface area contributed by atoms with Crippen molar-refractivity contribution in [2.75, 3.05) is 11.7 Å². The number of anilines is 2. The Morgan fingerprint density at radius 1 is 0.976 bits per heavy atom. The highest BCUT2D eigenvalue weighted by Crippen LogP contribution is 2.33. The second-order valence-corrected chi connectivity index (χ2v) is 9.91. The van der Waals surface area contributed by atoms with Crippen LogP contribution < -0.4 is 15.5 Å². The van der Waals surface area contributed by atoms with Crippen LogP contribution in [0.2, 0.25) is 0 Å². The molecule has 0 atom stereocenters. The molecule has 2 fully saturated rings. The Kier molecular flexibility index (Phi) is 7.81. The molecular formula is C27H28N6O8. The lowest BCUT2D eigenvalue weighted by atomic mass is 10.1. The van der Waals surface area contributed by atoms with Gasteiger partial charge in [0.05, 0.1) is 24.1 Å². The maximum Gasteiger partial charge on any atom is 0.423 e. The van der Waals surface area contributed by atoms with Crippen LogP contribution in [0.15, 0.2) is 36.8 Å². The first-order chi connectivity index (χ1) is 19.7. The van der Waals surface area contributed by atoms with E-state index in [1.54, 1.807) is 19.1 Å². The van der Waals surface area contributed by atoms with Crippen LogP contribution in [-0.2, 0) is 19.1 Å². The second kappa shape index (κ2) is 11.6. The molecule has 0 unspecified atom stereocenters. The monoisotopic (exact) mass is 564 g/mol. The van der Waals surface area contributed by atoms with Gasteiger partial charge < -0.3 is 25.2 Å². The first kappa shape index (κ1) is 27.6. The van der Waals surface area contributed by atoms with Crippen LogP contribution in [0.25, 0.3) is 5.52 Å². The Morgan fingerprint density at radius 3 is 2.32 bits per heavy atom. The van der Waals surface area contributed by atoms with Crippen molar-refractivity contribution in [3.63, 3.8) is 0 Å². The van der Waals surface area contributed by atoms with Crippen LogP contribution in [0.5, 0.6) is 0 Å². The molecule has 3 N–H and O–H groups in total. The summed E-state index contributed by atoms with van der Waals surface area (Å²) in [6.45, 7) is 0.946. The number of ether oxygens (including phenoxy) is 2. The zero-order valence-electron chi connectivity index (χ0n) is 22.2. The number of aliphatic carboxylic acids is 1. The number of carboxylic acid groups (broad SMARTS) is 1. The Hall–Kier alpha value is -5.01. The van der Waals surface area contributed by atoms with Gasteiger partial charge in [-0.3, -0.25) is 19.2 Å². The van der Waals surface area contributed by atoms with Crippen LogP contribution in [0.3, 0.4) is 0 Å². The molecule has 2 saturated carbocycles. The second-order valence-electron chi connectivity index (χ2n) is 9.91. The smallest absolute Gasteiger partial charge is 0.423 e. The molecule has 3 amide bonds. The number of fused-ring (bicyclic) bond motifs is 1. The van der Waals surface area contributed by atoms with Gasteiger partial charge in [-0.2, -0.15) is 5.10 Å². The van der Waals surface area contributed by atoms with Crippen LogP contribution in [0.1, 0.15) is 64.8 Å². The Balaban J connectivity index is 1.47. The average molecular weight is 565 g/mol. The summed E-state index contributed by atoms with van der Waals surface area (Å²) in [5, 5.41) is 18.7.